The summed E-state index contributed by atoms with van der Waals surface area (Å²) in [5.41, 5.74) is 5.64. The largest absolute Gasteiger partial charge is 0.399 e. The molecule has 3 N–H and O–H groups in total. The Balaban J connectivity index is 2.83. The topological polar surface area (TPSA) is 81.4 Å². The van der Waals surface area contributed by atoms with E-state index in [0.717, 1.165) is 12.1 Å². The van der Waals surface area contributed by atoms with Crippen molar-refractivity contribution in [2.75, 3.05) is 26.0 Å². The minimum atomic E-state index is -3.89. The lowest BCUT2D eigenvalue weighted by molar-refractivity contribution is 0.161. The van der Waals surface area contributed by atoms with Crippen LogP contribution in [0.2, 0.25) is 0 Å². The summed E-state index contributed by atoms with van der Waals surface area (Å²) in [4.78, 5) is -0.438. The molecule has 0 aliphatic heterocycles. The zero-order valence-corrected chi connectivity index (χ0v) is 11.1. The van der Waals surface area contributed by atoms with E-state index in [-0.39, 0.29) is 18.2 Å². The molecule has 0 heterocycles. The molecule has 5 nitrogen and oxygen atoms in total. The van der Waals surface area contributed by atoms with Crippen LogP contribution in [0.3, 0.4) is 0 Å². The SMILES string of the molecule is COCC(C)CNS(=O)(=O)c1cc(N)ccc1F. The van der Waals surface area contributed by atoms with Crippen LogP contribution in [0.1, 0.15) is 6.92 Å². The standard InChI is InChI=1S/C11H17FN2O3S/c1-8(7-17-2)6-14-18(15,16)11-5-9(13)3-4-10(11)12/h3-5,8,14H,6-7,13H2,1-2H3. The molecule has 1 aromatic carbocycles. The Bertz CT molecular complexity index is 505. The highest BCUT2D eigenvalue weighted by atomic mass is 32.2. The van der Waals surface area contributed by atoms with Gasteiger partial charge < -0.3 is 10.5 Å². The third kappa shape index (κ3) is 3.94. The first-order chi connectivity index (χ1) is 8.36. The first kappa shape index (κ1) is 14.9. The molecule has 0 fully saturated rings. The molecule has 7 heteroatoms. The van der Waals surface area contributed by atoms with Crippen LogP contribution in [0.5, 0.6) is 0 Å². The Morgan fingerprint density at radius 2 is 2.17 bits per heavy atom. The molecule has 0 aromatic heterocycles. The van der Waals surface area contributed by atoms with Gasteiger partial charge in [-0.1, -0.05) is 6.92 Å². The molecule has 0 saturated heterocycles. The number of rotatable bonds is 6. The van der Waals surface area contributed by atoms with Gasteiger partial charge in [-0.05, 0) is 24.1 Å². The van der Waals surface area contributed by atoms with Crippen LogP contribution in [0, 0.1) is 11.7 Å². The van der Waals surface area contributed by atoms with Crippen LogP contribution in [0.4, 0.5) is 10.1 Å². The van der Waals surface area contributed by atoms with Crippen molar-refractivity contribution in [3.63, 3.8) is 0 Å². The monoisotopic (exact) mass is 276 g/mol. The van der Waals surface area contributed by atoms with E-state index in [0.29, 0.717) is 6.61 Å². The molecular weight excluding hydrogens is 259 g/mol. The minimum absolute atomic E-state index is 0.00565. The van der Waals surface area contributed by atoms with Crippen molar-refractivity contribution in [3.05, 3.63) is 24.0 Å². The number of nitrogens with one attached hydrogen (secondary N) is 1. The number of anilines is 1. The maximum Gasteiger partial charge on any atom is 0.243 e. The zero-order valence-electron chi connectivity index (χ0n) is 10.3. The summed E-state index contributed by atoms with van der Waals surface area (Å²) in [6.07, 6.45) is 0. The average Bonchev–Trinajstić information content (AvgIpc) is 2.30. The average molecular weight is 276 g/mol. The van der Waals surface area contributed by atoms with Crippen LogP contribution < -0.4 is 10.5 Å². The third-order valence-electron chi connectivity index (χ3n) is 2.32. The molecule has 0 aliphatic carbocycles. The van der Waals surface area contributed by atoms with E-state index in [4.69, 9.17) is 10.5 Å². The molecule has 1 rings (SSSR count). The molecule has 0 spiro atoms. The molecule has 0 radical (unpaired) electrons. The maximum absolute atomic E-state index is 13.4. The third-order valence-corrected chi connectivity index (χ3v) is 3.76. The van der Waals surface area contributed by atoms with Gasteiger partial charge in [0, 0.05) is 25.9 Å². The molecule has 0 bridgehead atoms. The van der Waals surface area contributed by atoms with E-state index in [9.17, 15) is 12.8 Å². The highest BCUT2D eigenvalue weighted by Gasteiger charge is 2.19. The van der Waals surface area contributed by atoms with E-state index in [1.807, 2.05) is 6.92 Å². The Hall–Kier alpha value is -1.18. The van der Waals surface area contributed by atoms with E-state index in [2.05, 4.69) is 4.72 Å². The summed E-state index contributed by atoms with van der Waals surface area (Å²) in [7, 11) is -2.36. The van der Waals surface area contributed by atoms with Gasteiger partial charge in [-0.3, -0.25) is 0 Å². The molecule has 0 amide bonds. The van der Waals surface area contributed by atoms with Crippen molar-refractivity contribution >= 4 is 15.7 Å². The fraction of sp³-hybridized carbons (Fsp3) is 0.455. The van der Waals surface area contributed by atoms with Crippen molar-refractivity contribution in [1.29, 1.82) is 0 Å². The molecule has 18 heavy (non-hydrogen) atoms. The summed E-state index contributed by atoms with van der Waals surface area (Å²) in [5.74, 6) is -0.829. The highest BCUT2D eigenvalue weighted by molar-refractivity contribution is 7.89. The number of ether oxygens (including phenoxy) is 1. The van der Waals surface area contributed by atoms with Crippen LogP contribution in [0.15, 0.2) is 23.1 Å². The maximum atomic E-state index is 13.4. The molecule has 1 atom stereocenters. The number of halogens is 1. The first-order valence-corrected chi connectivity index (χ1v) is 6.88. The second-order valence-electron chi connectivity index (χ2n) is 4.10. The van der Waals surface area contributed by atoms with Gasteiger partial charge in [0.1, 0.15) is 10.7 Å². The zero-order chi connectivity index (χ0) is 13.8. The molecule has 0 saturated carbocycles. The number of sulfonamides is 1. The predicted octanol–water partition coefficient (Wildman–Crippen LogP) is 0.969. The van der Waals surface area contributed by atoms with Gasteiger partial charge in [-0.15, -0.1) is 0 Å². The van der Waals surface area contributed by atoms with E-state index >= 15 is 0 Å². The molecular formula is C11H17FN2O3S. The Morgan fingerprint density at radius 1 is 1.50 bits per heavy atom. The lowest BCUT2D eigenvalue weighted by Crippen LogP contribution is -2.30. The van der Waals surface area contributed by atoms with Gasteiger partial charge >= 0.3 is 0 Å². The number of methoxy groups -OCH3 is 1. The van der Waals surface area contributed by atoms with Gasteiger partial charge in [0.25, 0.3) is 0 Å². The number of nitrogen functional groups attached to an aromatic ring is 1. The van der Waals surface area contributed by atoms with Crippen LogP contribution in [-0.2, 0) is 14.8 Å². The molecule has 102 valence electrons. The molecule has 1 unspecified atom stereocenters. The fourth-order valence-corrected chi connectivity index (χ4v) is 2.67. The summed E-state index contributed by atoms with van der Waals surface area (Å²) in [6.45, 7) is 2.41. The van der Waals surface area contributed by atoms with Gasteiger partial charge in [0.2, 0.25) is 10.0 Å². The lowest BCUT2D eigenvalue weighted by Gasteiger charge is -2.12. The summed E-state index contributed by atoms with van der Waals surface area (Å²) >= 11 is 0. The number of benzene rings is 1. The van der Waals surface area contributed by atoms with Crippen molar-refractivity contribution in [2.24, 2.45) is 5.92 Å². The lowest BCUT2D eigenvalue weighted by atomic mass is 10.2. The normalized spacial score (nSPS) is 13.5. The highest BCUT2D eigenvalue weighted by Crippen LogP contribution is 2.17. The van der Waals surface area contributed by atoms with Crippen LogP contribution in [0.25, 0.3) is 0 Å². The smallest absolute Gasteiger partial charge is 0.243 e. The Kier molecular flexibility index (Phi) is 5.06. The van der Waals surface area contributed by atoms with Crippen molar-refractivity contribution in [3.8, 4) is 0 Å². The second-order valence-corrected chi connectivity index (χ2v) is 5.84. The number of hydrogen-bond donors (Lipinski definition) is 2. The molecule has 0 aliphatic rings. The predicted molar refractivity (Wildman–Crippen MR) is 67.0 cm³/mol. The van der Waals surface area contributed by atoms with Gasteiger partial charge in [-0.25, -0.2) is 17.5 Å². The summed E-state index contributed by atoms with van der Waals surface area (Å²) < 4.78 is 44.4. The van der Waals surface area contributed by atoms with Gasteiger partial charge in [-0.2, -0.15) is 0 Å². The van der Waals surface area contributed by atoms with Crippen LogP contribution >= 0.6 is 0 Å². The van der Waals surface area contributed by atoms with E-state index in [1.54, 1.807) is 0 Å². The van der Waals surface area contributed by atoms with E-state index < -0.39 is 20.7 Å². The number of hydrogen-bond acceptors (Lipinski definition) is 4. The van der Waals surface area contributed by atoms with Crippen molar-refractivity contribution in [1.82, 2.24) is 4.72 Å². The Labute approximate surface area is 106 Å². The summed E-state index contributed by atoms with van der Waals surface area (Å²) in [5, 5.41) is 0. The first-order valence-electron chi connectivity index (χ1n) is 5.40. The summed E-state index contributed by atoms with van der Waals surface area (Å²) in [6, 6.07) is 3.43. The minimum Gasteiger partial charge on any atom is -0.399 e. The Morgan fingerprint density at radius 3 is 2.78 bits per heavy atom. The van der Waals surface area contributed by atoms with Crippen molar-refractivity contribution in [2.45, 2.75) is 11.8 Å². The molecule has 1 aromatic rings. The van der Waals surface area contributed by atoms with E-state index in [1.165, 1.54) is 13.2 Å². The second kappa shape index (κ2) is 6.12. The van der Waals surface area contributed by atoms with Gasteiger partial charge in [0.05, 0.1) is 0 Å². The fourth-order valence-electron chi connectivity index (χ4n) is 1.40. The number of nitrogens with two attached hydrogens (primary N) is 1. The quantitative estimate of drug-likeness (QED) is 0.759. The van der Waals surface area contributed by atoms with Crippen molar-refractivity contribution < 1.29 is 17.5 Å². The van der Waals surface area contributed by atoms with Gasteiger partial charge in [0.15, 0.2) is 0 Å². The van der Waals surface area contributed by atoms with Crippen LogP contribution in [-0.4, -0.2) is 28.7 Å².